The van der Waals surface area contributed by atoms with Crippen LogP contribution in [0.2, 0.25) is 0 Å². The second kappa shape index (κ2) is 6.28. The lowest BCUT2D eigenvalue weighted by molar-refractivity contribution is -0.0499. The van der Waals surface area contributed by atoms with Crippen molar-refractivity contribution >= 4 is 0 Å². The summed E-state index contributed by atoms with van der Waals surface area (Å²) in [7, 11) is 0. The van der Waals surface area contributed by atoms with Gasteiger partial charge in [0.05, 0.1) is 0 Å². The molecule has 1 aromatic rings. The highest BCUT2D eigenvalue weighted by molar-refractivity contribution is 5.30. The molecule has 0 aromatic heterocycles. The molecule has 2 saturated heterocycles. The van der Waals surface area contributed by atoms with E-state index in [1.807, 2.05) is 6.07 Å². The fourth-order valence-electron chi connectivity index (χ4n) is 3.65. The van der Waals surface area contributed by atoms with E-state index in [0.29, 0.717) is 12.1 Å². The SMILES string of the molecule is CC(NC1CCN2CCCC12)c1cccc(OC(F)F)c1. The lowest BCUT2D eigenvalue weighted by atomic mass is 10.0. The van der Waals surface area contributed by atoms with Crippen LogP contribution in [0.25, 0.3) is 0 Å². The normalized spacial score (nSPS) is 27.0. The molecule has 0 radical (unpaired) electrons. The molecule has 0 saturated carbocycles. The molecule has 3 rings (SSSR count). The number of rotatable bonds is 5. The molecule has 1 N–H and O–H groups in total. The Balaban J connectivity index is 1.63. The van der Waals surface area contributed by atoms with Gasteiger partial charge in [-0.05, 0) is 50.4 Å². The molecule has 1 aromatic carbocycles. The maximum absolute atomic E-state index is 12.3. The summed E-state index contributed by atoms with van der Waals surface area (Å²) >= 11 is 0. The minimum absolute atomic E-state index is 0.136. The number of nitrogens with one attached hydrogen (secondary N) is 1. The van der Waals surface area contributed by atoms with Gasteiger partial charge in [-0.2, -0.15) is 8.78 Å². The van der Waals surface area contributed by atoms with Gasteiger partial charge < -0.3 is 10.1 Å². The van der Waals surface area contributed by atoms with Gasteiger partial charge in [0.15, 0.2) is 0 Å². The van der Waals surface area contributed by atoms with Crippen LogP contribution in [-0.4, -0.2) is 36.7 Å². The van der Waals surface area contributed by atoms with Crippen molar-refractivity contribution in [3.8, 4) is 5.75 Å². The molecule has 21 heavy (non-hydrogen) atoms. The van der Waals surface area contributed by atoms with E-state index in [0.717, 1.165) is 5.56 Å². The molecular weight excluding hydrogens is 274 g/mol. The minimum atomic E-state index is -2.77. The first-order valence-corrected chi connectivity index (χ1v) is 7.68. The molecule has 2 heterocycles. The average molecular weight is 296 g/mol. The Hall–Kier alpha value is -1.20. The molecule has 0 amide bonds. The number of hydrogen-bond acceptors (Lipinski definition) is 3. The smallest absolute Gasteiger partial charge is 0.387 e. The largest absolute Gasteiger partial charge is 0.435 e. The Morgan fingerprint density at radius 2 is 2.14 bits per heavy atom. The van der Waals surface area contributed by atoms with E-state index in [9.17, 15) is 8.78 Å². The molecular formula is C16H22F2N2O. The molecule has 3 unspecified atom stereocenters. The van der Waals surface area contributed by atoms with Crippen molar-refractivity contribution in [1.82, 2.24) is 10.2 Å². The van der Waals surface area contributed by atoms with Crippen molar-refractivity contribution in [1.29, 1.82) is 0 Å². The van der Waals surface area contributed by atoms with Crippen LogP contribution in [-0.2, 0) is 0 Å². The average Bonchev–Trinajstić information content (AvgIpc) is 3.03. The second-order valence-corrected chi connectivity index (χ2v) is 5.98. The Kier molecular flexibility index (Phi) is 4.40. The third-order valence-electron chi connectivity index (χ3n) is 4.65. The maximum Gasteiger partial charge on any atom is 0.387 e. The fraction of sp³-hybridized carbons (Fsp3) is 0.625. The predicted molar refractivity (Wildman–Crippen MR) is 77.6 cm³/mol. The van der Waals surface area contributed by atoms with E-state index in [4.69, 9.17) is 0 Å². The van der Waals surface area contributed by atoms with Gasteiger partial charge in [-0.15, -0.1) is 0 Å². The molecule has 0 spiro atoms. The molecule has 0 aliphatic carbocycles. The van der Waals surface area contributed by atoms with Crippen LogP contribution in [0, 0.1) is 0 Å². The van der Waals surface area contributed by atoms with Crippen LogP contribution in [0.15, 0.2) is 24.3 Å². The molecule has 3 nitrogen and oxygen atoms in total. The van der Waals surface area contributed by atoms with Crippen LogP contribution < -0.4 is 10.1 Å². The summed E-state index contributed by atoms with van der Waals surface area (Å²) in [5.74, 6) is 0.227. The third kappa shape index (κ3) is 3.35. The van der Waals surface area contributed by atoms with E-state index >= 15 is 0 Å². The lowest BCUT2D eigenvalue weighted by Crippen LogP contribution is -2.40. The Morgan fingerprint density at radius 1 is 1.29 bits per heavy atom. The van der Waals surface area contributed by atoms with E-state index in [2.05, 4.69) is 21.9 Å². The summed E-state index contributed by atoms with van der Waals surface area (Å²) in [5.41, 5.74) is 0.990. The van der Waals surface area contributed by atoms with Gasteiger partial charge in [0, 0.05) is 24.7 Å². The lowest BCUT2D eigenvalue weighted by Gasteiger charge is -2.25. The molecule has 3 atom stereocenters. The van der Waals surface area contributed by atoms with Gasteiger partial charge in [0.25, 0.3) is 0 Å². The van der Waals surface area contributed by atoms with Crippen molar-refractivity contribution in [2.24, 2.45) is 0 Å². The molecule has 116 valence electrons. The van der Waals surface area contributed by atoms with Gasteiger partial charge in [0.2, 0.25) is 0 Å². The summed E-state index contributed by atoms with van der Waals surface area (Å²) in [6, 6.07) is 8.27. The zero-order valence-electron chi connectivity index (χ0n) is 12.3. The first-order valence-electron chi connectivity index (χ1n) is 7.68. The number of fused-ring (bicyclic) bond motifs is 1. The van der Waals surface area contributed by atoms with Crippen LogP contribution >= 0.6 is 0 Å². The molecule has 2 fully saturated rings. The van der Waals surface area contributed by atoms with E-state index in [1.54, 1.807) is 18.2 Å². The van der Waals surface area contributed by atoms with Crippen LogP contribution in [0.4, 0.5) is 8.78 Å². The highest BCUT2D eigenvalue weighted by atomic mass is 19.3. The van der Waals surface area contributed by atoms with Gasteiger partial charge in [0.1, 0.15) is 5.75 Å². The zero-order valence-corrected chi connectivity index (χ0v) is 12.3. The van der Waals surface area contributed by atoms with Gasteiger partial charge in [-0.3, -0.25) is 4.90 Å². The number of nitrogens with zero attached hydrogens (tertiary/aromatic N) is 1. The number of benzene rings is 1. The molecule has 5 heteroatoms. The van der Waals surface area contributed by atoms with Crippen LogP contribution in [0.1, 0.15) is 37.8 Å². The Labute approximate surface area is 124 Å². The minimum Gasteiger partial charge on any atom is -0.435 e. The van der Waals surface area contributed by atoms with Crippen molar-refractivity contribution in [3.63, 3.8) is 0 Å². The maximum atomic E-state index is 12.3. The molecule has 0 bridgehead atoms. The summed E-state index contributed by atoms with van der Waals surface area (Å²) in [6.07, 6.45) is 3.72. The monoisotopic (exact) mass is 296 g/mol. The fourth-order valence-corrected chi connectivity index (χ4v) is 3.65. The van der Waals surface area contributed by atoms with E-state index < -0.39 is 6.61 Å². The van der Waals surface area contributed by atoms with Crippen LogP contribution in [0.5, 0.6) is 5.75 Å². The van der Waals surface area contributed by atoms with Gasteiger partial charge >= 0.3 is 6.61 Å². The van der Waals surface area contributed by atoms with Crippen molar-refractivity contribution in [2.75, 3.05) is 13.1 Å². The quantitative estimate of drug-likeness (QED) is 0.903. The number of halogens is 2. The Morgan fingerprint density at radius 3 is 2.95 bits per heavy atom. The van der Waals surface area contributed by atoms with Crippen molar-refractivity contribution < 1.29 is 13.5 Å². The summed E-state index contributed by atoms with van der Waals surface area (Å²) in [6.45, 7) is 1.70. The molecule has 2 aliphatic heterocycles. The molecule has 2 aliphatic rings. The Bertz CT molecular complexity index is 483. The van der Waals surface area contributed by atoms with Crippen molar-refractivity contribution in [3.05, 3.63) is 29.8 Å². The van der Waals surface area contributed by atoms with Gasteiger partial charge in [-0.1, -0.05) is 12.1 Å². The first-order chi connectivity index (χ1) is 10.1. The number of ether oxygens (including phenoxy) is 1. The standard InChI is InChI=1S/C16H22F2N2O/c1-11(12-4-2-5-13(10-12)21-16(17)18)19-14-7-9-20-8-3-6-15(14)20/h2,4-5,10-11,14-16,19H,3,6-9H2,1H3. The number of hydrogen-bond donors (Lipinski definition) is 1. The predicted octanol–water partition coefficient (Wildman–Crippen LogP) is 3.18. The summed E-state index contributed by atoms with van der Waals surface area (Å²) in [4.78, 5) is 2.56. The summed E-state index contributed by atoms with van der Waals surface area (Å²) in [5, 5.41) is 3.66. The zero-order chi connectivity index (χ0) is 14.8. The van der Waals surface area contributed by atoms with Crippen LogP contribution in [0.3, 0.4) is 0 Å². The summed E-state index contributed by atoms with van der Waals surface area (Å²) < 4.78 is 29.0. The van der Waals surface area contributed by atoms with E-state index in [-0.39, 0.29) is 11.8 Å². The second-order valence-electron chi connectivity index (χ2n) is 5.98. The topological polar surface area (TPSA) is 24.5 Å². The number of alkyl halides is 2. The highest BCUT2D eigenvalue weighted by Crippen LogP contribution is 2.30. The highest BCUT2D eigenvalue weighted by Gasteiger charge is 2.37. The first kappa shape index (κ1) is 14.7. The van der Waals surface area contributed by atoms with Crippen molar-refractivity contribution in [2.45, 2.75) is 50.9 Å². The van der Waals surface area contributed by atoms with E-state index in [1.165, 1.54) is 32.4 Å². The van der Waals surface area contributed by atoms with Gasteiger partial charge in [-0.25, -0.2) is 0 Å². The third-order valence-corrected chi connectivity index (χ3v) is 4.65.